The maximum Gasteiger partial charge on any atom is 0.161 e. The van der Waals surface area contributed by atoms with Crippen LogP contribution in [0.4, 0.5) is 0 Å². The maximum atomic E-state index is 9.24. The highest BCUT2D eigenvalue weighted by Crippen LogP contribution is 2.33. The van der Waals surface area contributed by atoms with Gasteiger partial charge >= 0.3 is 0 Å². The molecule has 1 N–H and O–H groups in total. The molecule has 2 aromatic carbocycles. The Morgan fingerprint density at radius 2 is 1.64 bits per heavy atom. The van der Waals surface area contributed by atoms with E-state index in [1.807, 2.05) is 24.3 Å². The quantitative estimate of drug-likeness (QED) is 0.754. The number of hydrogen-bond acceptors (Lipinski definition) is 4. The Balaban J connectivity index is 1.90. The summed E-state index contributed by atoms with van der Waals surface area (Å²) in [4.78, 5) is 0. The molecular formula is C17H19BrO4. The van der Waals surface area contributed by atoms with Crippen molar-refractivity contribution in [2.75, 3.05) is 20.8 Å². The molecule has 4 nitrogen and oxygen atoms in total. The lowest BCUT2D eigenvalue weighted by Crippen LogP contribution is -2.01. The first-order chi connectivity index (χ1) is 10.6. The Kier molecular flexibility index (Phi) is 6.10. The first-order valence-corrected chi connectivity index (χ1v) is 7.69. The van der Waals surface area contributed by atoms with E-state index >= 15 is 0 Å². The summed E-state index contributed by atoms with van der Waals surface area (Å²) in [6, 6.07) is 10.9. The lowest BCUT2D eigenvalue weighted by atomic mass is 10.1. The van der Waals surface area contributed by atoms with E-state index in [9.17, 15) is 5.11 Å². The summed E-state index contributed by atoms with van der Waals surface area (Å²) in [6.07, 6.45) is 0.797. The SMILES string of the molecule is COc1cc(Br)c(COCCc2ccc(O)cc2)cc1OC. The van der Waals surface area contributed by atoms with E-state index < -0.39 is 0 Å². The molecule has 0 aliphatic rings. The zero-order chi connectivity index (χ0) is 15.9. The van der Waals surface area contributed by atoms with Gasteiger partial charge in [0.1, 0.15) is 5.75 Å². The Morgan fingerprint density at radius 1 is 1.00 bits per heavy atom. The van der Waals surface area contributed by atoms with Gasteiger partial charge in [0.2, 0.25) is 0 Å². The second kappa shape index (κ2) is 8.06. The molecule has 0 bridgehead atoms. The van der Waals surface area contributed by atoms with Gasteiger partial charge < -0.3 is 19.3 Å². The summed E-state index contributed by atoms with van der Waals surface area (Å²) in [7, 11) is 3.22. The summed E-state index contributed by atoms with van der Waals surface area (Å²) in [5.41, 5.74) is 2.13. The molecule has 0 amide bonds. The van der Waals surface area contributed by atoms with Crippen LogP contribution in [0.1, 0.15) is 11.1 Å². The largest absolute Gasteiger partial charge is 0.508 e. The van der Waals surface area contributed by atoms with Crippen LogP contribution in [0, 0.1) is 0 Å². The Bertz CT molecular complexity index is 611. The van der Waals surface area contributed by atoms with Crippen LogP contribution in [0.25, 0.3) is 0 Å². The normalized spacial score (nSPS) is 10.5. The first-order valence-electron chi connectivity index (χ1n) is 6.90. The summed E-state index contributed by atoms with van der Waals surface area (Å²) < 4.78 is 17.2. The number of phenolic OH excluding ortho intramolecular Hbond substituents is 1. The van der Waals surface area contributed by atoms with Gasteiger partial charge in [-0.15, -0.1) is 0 Å². The molecule has 0 radical (unpaired) electrons. The molecule has 2 rings (SSSR count). The van der Waals surface area contributed by atoms with E-state index in [-0.39, 0.29) is 5.75 Å². The molecule has 0 spiro atoms. The molecule has 0 unspecified atom stereocenters. The third kappa shape index (κ3) is 4.39. The van der Waals surface area contributed by atoms with Gasteiger partial charge in [-0.3, -0.25) is 0 Å². The average Bonchev–Trinajstić information content (AvgIpc) is 2.54. The van der Waals surface area contributed by atoms with Crippen LogP contribution in [0.15, 0.2) is 40.9 Å². The van der Waals surface area contributed by atoms with Gasteiger partial charge in [0.05, 0.1) is 27.4 Å². The molecule has 0 saturated carbocycles. The van der Waals surface area contributed by atoms with Crippen LogP contribution < -0.4 is 9.47 Å². The third-order valence-electron chi connectivity index (χ3n) is 3.28. The number of phenols is 1. The molecule has 118 valence electrons. The topological polar surface area (TPSA) is 47.9 Å². The third-order valence-corrected chi connectivity index (χ3v) is 4.02. The number of hydrogen-bond donors (Lipinski definition) is 1. The summed E-state index contributed by atoms with van der Waals surface area (Å²) in [5, 5.41) is 9.24. The van der Waals surface area contributed by atoms with Gasteiger partial charge in [0.15, 0.2) is 11.5 Å². The number of ether oxygens (including phenoxy) is 3. The van der Waals surface area contributed by atoms with Crippen molar-refractivity contribution in [2.24, 2.45) is 0 Å². The lowest BCUT2D eigenvalue weighted by molar-refractivity contribution is 0.123. The van der Waals surface area contributed by atoms with Crippen molar-refractivity contribution in [3.05, 3.63) is 52.0 Å². The van der Waals surface area contributed by atoms with Crippen LogP contribution >= 0.6 is 15.9 Å². The fourth-order valence-corrected chi connectivity index (χ4v) is 2.48. The molecule has 0 aliphatic carbocycles. The zero-order valence-electron chi connectivity index (χ0n) is 12.6. The Morgan fingerprint density at radius 3 is 2.27 bits per heavy atom. The van der Waals surface area contributed by atoms with Crippen LogP contribution in [0.5, 0.6) is 17.2 Å². The summed E-state index contributed by atoms with van der Waals surface area (Å²) in [5.74, 6) is 1.64. The van der Waals surface area contributed by atoms with E-state index in [1.54, 1.807) is 26.4 Å². The summed E-state index contributed by atoms with van der Waals surface area (Å²) in [6.45, 7) is 1.09. The van der Waals surface area contributed by atoms with E-state index in [4.69, 9.17) is 14.2 Å². The second-order valence-electron chi connectivity index (χ2n) is 4.77. The lowest BCUT2D eigenvalue weighted by Gasteiger charge is -2.12. The van der Waals surface area contributed by atoms with Crippen molar-refractivity contribution in [3.8, 4) is 17.2 Å². The van der Waals surface area contributed by atoms with E-state index in [0.717, 1.165) is 22.0 Å². The van der Waals surface area contributed by atoms with Gasteiger partial charge in [-0.25, -0.2) is 0 Å². The molecule has 0 aromatic heterocycles. The Labute approximate surface area is 138 Å². The van der Waals surface area contributed by atoms with Gasteiger partial charge in [-0.1, -0.05) is 28.1 Å². The molecule has 22 heavy (non-hydrogen) atoms. The van der Waals surface area contributed by atoms with Gasteiger partial charge in [0.25, 0.3) is 0 Å². The minimum absolute atomic E-state index is 0.277. The Hall–Kier alpha value is -1.72. The fraction of sp³-hybridized carbons (Fsp3) is 0.294. The maximum absolute atomic E-state index is 9.24. The number of aromatic hydroxyl groups is 1. The predicted molar refractivity (Wildman–Crippen MR) is 88.7 cm³/mol. The van der Waals surface area contributed by atoms with Crippen molar-refractivity contribution in [1.29, 1.82) is 0 Å². The van der Waals surface area contributed by atoms with Crippen LogP contribution in [0.2, 0.25) is 0 Å². The number of halogens is 1. The van der Waals surface area contributed by atoms with E-state index in [0.29, 0.717) is 24.7 Å². The van der Waals surface area contributed by atoms with Crippen molar-refractivity contribution in [2.45, 2.75) is 13.0 Å². The fourth-order valence-electron chi connectivity index (χ4n) is 2.04. The van der Waals surface area contributed by atoms with Crippen LogP contribution in [-0.4, -0.2) is 25.9 Å². The second-order valence-corrected chi connectivity index (χ2v) is 5.62. The van der Waals surface area contributed by atoms with Crippen LogP contribution in [0.3, 0.4) is 0 Å². The van der Waals surface area contributed by atoms with Gasteiger partial charge in [0, 0.05) is 4.47 Å². The molecule has 2 aromatic rings. The van der Waals surface area contributed by atoms with Crippen molar-refractivity contribution in [1.82, 2.24) is 0 Å². The zero-order valence-corrected chi connectivity index (χ0v) is 14.2. The first kappa shape index (κ1) is 16.6. The molecule has 0 heterocycles. The highest BCUT2D eigenvalue weighted by atomic mass is 79.9. The van der Waals surface area contributed by atoms with Gasteiger partial charge in [-0.05, 0) is 41.8 Å². The molecule has 0 atom stereocenters. The van der Waals surface area contributed by atoms with E-state index in [1.165, 1.54) is 0 Å². The smallest absolute Gasteiger partial charge is 0.161 e. The van der Waals surface area contributed by atoms with Crippen molar-refractivity contribution < 1.29 is 19.3 Å². The van der Waals surface area contributed by atoms with E-state index in [2.05, 4.69) is 15.9 Å². The predicted octanol–water partition coefficient (Wildman–Crippen LogP) is 3.93. The molecule has 0 saturated heterocycles. The van der Waals surface area contributed by atoms with Crippen molar-refractivity contribution in [3.63, 3.8) is 0 Å². The highest BCUT2D eigenvalue weighted by molar-refractivity contribution is 9.10. The minimum Gasteiger partial charge on any atom is -0.508 e. The molecule has 0 aliphatic heterocycles. The van der Waals surface area contributed by atoms with Gasteiger partial charge in [-0.2, -0.15) is 0 Å². The van der Waals surface area contributed by atoms with Crippen molar-refractivity contribution >= 4 is 15.9 Å². The average molecular weight is 367 g/mol. The highest BCUT2D eigenvalue weighted by Gasteiger charge is 2.09. The number of benzene rings is 2. The van der Waals surface area contributed by atoms with Crippen LogP contribution in [-0.2, 0) is 17.8 Å². The number of rotatable bonds is 7. The molecule has 0 fully saturated rings. The molecular weight excluding hydrogens is 348 g/mol. The molecule has 5 heteroatoms. The summed E-state index contributed by atoms with van der Waals surface area (Å²) >= 11 is 3.51. The monoisotopic (exact) mass is 366 g/mol. The number of methoxy groups -OCH3 is 2. The standard InChI is InChI=1S/C17H19BrO4/c1-20-16-9-13(15(18)10-17(16)21-2)11-22-8-7-12-3-5-14(19)6-4-12/h3-6,9-10,19H,7-8,11H2,1-2H3. The minimum atomic E-state index is 0.277.